The smallest absolute Gasteiger partial charge is 0.295 e. The number of rotatable bonds is 4. The summed E-state index contributed by atoms with van der Waals surface area (Å²) in [6.07, 6.45) is 1.35. The molecule has 0 saturated heterocycles. The molecule has 1 N–H and O–H groups in total. The predicted molar refractivity (Wildman–Crippen MR) is 101 cm³/mol. The number of halogens is 1. The van der Waals surface area contributed by atoms with Crippen LogP contribution >= 0.6 is 11.6 Å². The van der Waals surface area contributed by atoms with E-state index in [-0.39, 0.29) is 16.9 Å². The molecule has 0 amide bonds. The topological polar surface area (TPSA) is 93.3 Å². The van der Waals surface area contributed by atoms with E-state index in [0.29, 0.717) is 22.0 Å². The minimum Gasteiger partial charge on any atom is -0.295 e. The zero-order valence-electron chi connectivity index (χ0n) is 14.1. The number of benzene rings is 2. The summed E-state index contributed by atoms with van der Waals surface area (Å²) in [5, 5.41) is 14.7. The van der Waals surface area contributed by atoms with Gasteiger partial charge in [-0.05, 0) is 49.7 Å². The molecule has 1 heterocycles. The van der Waals surface area contributed by atoms with Crippen LogP contribution in [0.5, 0.6) is 0 Å². The van der Waals surface area contributed by atoms with Crippen molar-refractivity contribution < 1.29 is 4.92 Å². The molecule has 0 aliphatic carbocycles. The third-order valence-corrected chi connectivity index (χ3v) is 4.11. The number of aliphatic imine (C=N–C) groups is 1. The van der Waals surface area contributed by atoms with Gasteiger partial charge in [-0.2, -0.15) is 0 Å². The Morgan fingerprint density at radius 1 is 1.19 bits per heavy atom. The van der Waals surface area contributed by atoms with Crippen LogP contribution in [0.2, 0.25) is 5.02 Å². The Hall–Kier alpha value is -3.19. The van der Waals surface area contributed by atoms with Crippen molar-refractivity contribution in [1.82, 2.24) is 9.78 Å². The first-order valence-corrected chi connectivity index (χ1v) is 8.11. The van der Waals surface area contributed by atoms with Gasteiger partial charge in [0.1, 0.15) is 5.69 Å². The lowest BCUT2D eigenvalue weighted by Crippen LogP contribution is -2.17. The van der Waals surface area contributed by atoms with Crippen molar-refractivity contribution in [2.75, 3.05) is 0 Å². The molecule has 2 aromatic carbocycles. The van der Waals surface area contributed by atoms with Gasteiger partial charge in [0.05, 0.1) is 16.2 Å². The highest BCUT2D eigenvalue weighted by Gasteiger charge is 2.14. The molecule has 3 rings (SSSR count). The first-order valence-electron chi connectivity index (χ1n) is 7.73. The number of nitrogens with zero attached hydrogens (tertiary/aromatic N) is 3. The number of nitro groups is 1. The molecule has 0 saturated carbocycles. The average molecular weight is 371 g/mol. The molecule has 132 valence electrons. The van der Waals surface area contributed by atoms with E-state index in [0.717, 1.165) is 5.56 Å². The van der Waals surface area contributed by atoms with Gasteiger partial charge in [0.25, 0.3) is 11.2 Å². The van der Waals surface area contributed by atoms with Crippen molar-refractivity contribution in [2.24, 2.45) is 4.99 Å². The van der Waals surface area contributed by atoms with Crippen molar-refractivity contribution in [2.45, 2.75) is 13.8 Å². The number of aromatic nitrogens is 2. The largest absolute Gasteiger partial charge is 0.295 e. The number of nitrogens with one attached hydrogen (secondary N) is 1. The zero-order chi connectivity index (χ0) is 18.8. The van der Waals surface area contributed by atoms with Gasteiger partial charge in [0.15, 0.2) is 0 Å². The third-order valence-electron chi connectivity index (χ3n) is 3.86. The van der Waals surface area contributed by atoms with E-state index in [1.807, 2.05) is 0 Å². The van der Waals surface area contributed by atoms with E-state index >= 15 is 0 Å². The summed E-state index contributed by atoms with van der Waals surface area (Å²) in [6, 6.07) is 11.5. The molecule has 8 heteroatoms. The third kappa shape index (κ3) is 3.43. The maximum Gasteiger partial charge on any atom is 0.295 e. The van der Waals surface area contributed by atoms with Gasteiger partial charge in [0.2, 0.25) is 0 Å². The number of hydrogen-bond donors (Lipinski definition) is 1. The molecule has 3 aromatic rings. The highest BCUT2D eigenvalue weighted by molar-refractivity contribution is 6.30. The molecule has 0 unspecified atom stereocenters. The van der Waals surface area contributed by atoms with Crippen molar-refractivity contribution >= 4 is 29.2 Å². The fourth-order valence-electron chi connectivity index (χ4n) is 2.51. The normalized spacial score (nSPS) is 11.2. The number of aryl methyl sites for hydroxylation is 2. The Kier molecular flexibility index (Phi) is 4.73. The molecule has 0 radical (unpaired) electrons. The maximum atomic E-state index is 12.6. The second-order valence-corrected chi connectivity index (χ2v) is 6.21. The predicted octanol–water partition coefficient (Wildman–Crippen LogP) is 4.09. The summed E-state index contributed by atoms with van der Waals surface area (Å²) in [7, 11) is 0. The molecule has 26 heavy (non-hydrogen) atoms. The summed E-state index contributed by atoms with van der Waals surface area (Å²) in [5.41, 5.74) is 2.11. The maximum absolute atomic E-state index is 12.6. The zero-order valence-corrected chi connectivity index (χ0v) is 14.8. The molecule has 0 atom stereocenters. The number of aromatic amines is 1. The summed E-state index contributed by atoms with van der Waals surface area (Å²) >= 11 is 5.87. The Morgan fingerprint density at radius 2 is 1.88 bits per heavy atom. The van der Waals surface area contributed by atoms with E-state index in [1.54, 1.807) is 50.2 Å². The fraction of sp³-hybridized carbons (Fsp3) is 0.111. The molecule has 0 bridgehead atoms. The second kappa shape index (κ2) is 6.97. The van der Waals surface area contributed by atoms with Crippen LogP contribution in [-0.2, 0) is 0 Å². The molecule has 0 spiro atoms. The van der Waals surface area contributed by atoms with Crippen LogP contribution in [-0.4, -0.2) is 20.9 Å². The van der Waals surface area contributed by atoms with Crippen LogP contribution in [0.15, 0.2) is 52.3 Å². The minimum absolute atomic E-state index is 0.104. The van der Waals surface area contributed by atoms with E-state index in [1.165, 1.54) is 17.0 Å². The Morgan fingerprint density at radius 3 is 2.54 bits per heavy atom. The lowest BCUT2D eigenvalue weighted by Gasteiger charge is -2.00. The standard InChI is InChI=1S/C18H15ClN4O3/c1-11-3-8-16(17(9-11)23(25)26)20-10-15-12(2)21-22(18(15)24)14-6-4-13(19)5-7-14/h3-10,21H,1-2H3. The Balaban J connectivity index is 2.02. The first-order chi connectivity index (χ1) is 12.4. The lowest BCUT2D eigenvalue weighted by molar-refractivity contribution is -0.384. The average Bonchev–Trinajstić information content (AvgIpc) is 2.89. The van der Waals surface area contributed by atoms with Gasteiger partial charge < -0.3 is 0 Å². The monoisotopic (exact) mass is 370 g/mol. The number of hydrogen-bond acceptors (Lipinski definition) is 4. The van der Waals surface area contributed by atoms with Gasteiger partial charge in [-0.1, -0.05) is 17.7 Å². The molecule has 0 aliphatic rings. The van der Waals surface area contributed by atoms with Crippen LogP contribution in [0, 0.1) is 24.0 Å². The SMILES string of the molecule is Cc1ccc(N=Cc2c(C)[nH]n(-c3ccc(Cl)cc3)c2=O)c([N+](=O)[O-])c1. The molecule has 0 fully saturated rings. The van der Waals surface area contributed by atoms with E-state index in [4.69, 9.17) is 11.6 Å². The summed E-state index contributed by atoms with van der Waals surface area (Å²) < 4.78 is 1.37. The van der Waals surface area contributed by atoms with Crippen LogP contribution in [0.1, 0.15) is 16.8 Å². The second-order valence-electron chi connectivity index (χ2n) is 5.77. The Labute approximate surface area is 153 Å². The fourth-order valence-corrected chi connectivity index (χ4v) is 2.63. The van der Waals surface area contributed by atoms with E-state index in [9.17, 15) is 14.9 Å². The number of nitro benzene ring substituents is 1. The molecule has 7 nitrogen and oxygen atoms in total. The van der Waals surface area contributed by atoms with Crippen LogP contribution in [0.4, 0.5) is 11.4 Å². The van der Waals surface area contributed by atoms with Crippen molar-refractivity contribution in [1.29, 1.82) is 0 Å². The van der Waals surface area contributed by atoms with Gasteiger partial charge in [-0.15, -0.1) is 0 Å². The van der Waals surface area contributed by atoms with Gasteiger partial charge in [0, 0.05) is 23.0 Å². The van der Waals surface area contributed by atoms with Crippen molar-refractivity contribution in [3.05, 3.63) is 84.8 Å². The molecular formula is C18H15ClN4O3. The minimum atomic E-state index is -0.490. The van der Waals surface area contributed by atoms with Crippen LogP contribution < -0.4 is 5.56 Å². The van der Waals surface area contributed by atoms with Crippen molar-refractivity contribution in [3.8, 4) is 5.69 Å². The molecule has 1 aromatic heterocycles. The molecular weight excluding hydrogens is 356 g/mol. The summed E-state index contributed by atoms with van der Waals surface area (Å²) in [4.78, 5) is 27.5. The lowest BCUT2D eigenvalue weighted by atomic mass is 10.2. The quantitative estimate of drug-likeness (QED) is 0.425. The Bertz CT molecular complexity index is 1070. The summed E-state index contributed by atoms with van der Waals surface area (Å²) in [5.74, 6) is 0. The molecule has 0 aliphatic heterocycles. The summed E-state index contributed by atoms with van der Waals surface area (Å²) in [6.45, 7) is 3.50. The van der Waals surface area contributed by atoms with E-state index in [2.05, 4.69) is 10.1 Å². The van der Waals surface area contributed by atoms with E-state index < -0.39 is 4.92 Å². The number of H-pyrrole nitrogens is 1. The van der Waals surface area contributed by atoms with Crippen molar-refractivity contribution in [3.63, 3.8) is 0 Å². The van der Waals surface area contributed by atoms with Crippen LogP contribution in [0.25, 0.3) is 5.69 Å². The van der Waals surface area contributed by atoms with Crippen LogP contribution in [0.3, 0.4) is 0 Å². The first kappa shape index (κ1) is 17.6. The van der Waals surface area contributed by atoms with Gasteiger partial charge in [-0.25, -0.2) is 9.67 Å². The van der Waals surface area contributed by atoms with Gasteiger partial charge in [-0.3, -0.25) is 20.0 Å². The highest BCUT2D eigenvalue weighted by Crippen LogP contribution is 2.28. The van der Waals surface area contributed by atoms with Gasteiger partial charge >= 0.3 is 0 Å². The highest BCUT2D eigenvalue weighted by atomic mass is 35.5.